The quantitative estimate of drug-likeness (QED) is 0.870. The summed E-state index contributed by atoms with van der Waals surface area (Å²) in [7, 11) is 0. The van der Waals surface area contributed by atoms with E-state index in [0.29, 0.717) is 6.61 Å². The number of halogens is 2. The Morgan fingerprint density at radius 3 is 3.00 bits per heavy atom. The van der Waals surface area contributed by atoms with Crippen molar-refractivity contribution in [3.63, 3.8) is 0 Å². The van der Waals surface area contributed by atoms with Crippen LogP contribution >= 0.6 is 28.3 Å². The van der Waals surface area contributed by atoms with Crippen LogP contribution in [0.25, 0.3) is 0 Å². The summed E-state index contributed by atoms with van der Waals surface area (Å²) in [5, 5.41) is 2.94. The number of ether oxygens (including phenoxy) is 1. The van der Waals surface area contributed by atoms with Gasteiger partial charge in [-0.05, 0) is 25.1 Å². The third kappa shape index (κ3) is 3.37. The van der Waals surface area contributed by atoms with Crippen LogP contribution in [0.1, 0.15) is 24.9 Å². The third-order valence-corrected chi connectivity index (χ3v) is 3.23. The molecular weight excluding hydrogens is 320 g/mol. The van der Waals surface area contributed by atoms with E-state index in [1.54, 1.807) is 6.92 Å². The highest BCUT2D eigenvalue weighted by atomic mass is 79.9. The Bertz CT molecular complexity index is 440. The Labute approximate surface area is 121 Å². The average molecular weight is 336 g/mol. The molecule has 1 aliphatic heterocycles. The number of nitrogens with one attached hydrogen (secondary N) is 1. The number of benzene rings is 1. The van der Waals surface area contributed by atoms with Crippen molar-refractivity contribution in [2.45, 2.75) is 25.4 Å². The first-order chi connectivity index (χ1) is 8.08. The fourth-order valence-corrected chi connectivity index (χ4v) is 2.20. The lowest BCUT2D eigenvalue weighted by atomic mass is 10.0. The van der Waals surface area contributed by atoms with E-state index >= 15 is 0 Å². The Morgan fingerprint density at radius 2 is 2.33 bits per heavy atom. The van der Waals surface area contributed by atoms with Crippen LogP contribution in [0, 0.1) is 0 Å². The first-order valence-corrected chi connectivity index (χ1v) is 6.35. The highest BCUT2D eigenvalue weighted by Gasteiger charge is 2.24. The Hall–Kier alpha value is -0.780. The smallest absolute Gasteiger partial charge is 0.237 e. The topological polar surface area (TPSA) is 64.4 Å². The summed E-state index contributed by atoms with van der Waals surface area (Å²) in [5.74, 6) is 0.692. The first-order valence-electron chi connectivity index (χ1n) is 5.56. The predicted molar refractivity (Wildman–Crippen MR) is 76.0 cm³/mol. The van der Waals surface area contributed by atoms with Crippen LogP contribution in [0.2, 0.25) is 0 Å². The van der Waals surface area contributed by atoms with E-state index in [0.717, 1.165) is 22.2 Å². The molecule has 3 N–H and O–H groups in total. The fraction of sp³-hybridized carbons (Fsp3) is 0.417. The van der Waals surface area contributed by atoms with Crippen LogP contribution < -0.4 is 15.8 Å². The van der Waals surface area contributed by atoms with E-state index in [1.807, 2.05) is 18.2 Å². The van der Waals surface area contributed by atoms with Crippen molar-refractivity contribution in [2.75, 3.05) is 6.61 Å². The summed E-state index contributed by atoms with van der Waals surface area (Å²) in [5.41, 5.74) is 6.55. The van der Waals surface area contributed by atoms with Gasteiger partial charge in [0.1, 0.15) is 5.75 Å². The lowest BCUT2D eigenvalue weighted by molar-refractivity contribution is -0.122. The van der Waals surface area contributed by atoms with Crippen LogP contribution in [0.5, 0.6) is 5.75 Å². The molecular formula is C12H16BrClN2O2. The number of fused-ring (bicyclic) bond motifs is 1. The molecule has 0 saturated heterocycles. The molecule has 18 heavy (non-hydrogen) atoms. The van der Waals surface area contributed by atoms with Gasteiger partial charge in [-0.3, -0.25) is 4.79 Å². The number of hydrogen-bond acceptors (Lipinski definition) is 3. The molecule has 4 nitrogen and oxygen atoms in total. The molecule has 100 valence electrons. The van der Waals surface area contributed by atoms with Crippen molar-refractivity contribution in [1.82, 2.24) is 5.32 Å². The molecule has 0 fully saturated rings. The molecule has 2 atom stereocenters. The number of carbonyl (C=O) groups excluding carboxylic acids is 1. The summed E-state index contributed by atoms with van der Waals surface area (Å²) in [4.78, 5) is 11.6. The summed E-state index contributed by atoms with van der Waals surface area (Å²) in [6.45, 7) is 2.29. The first kappa shape index (κ1) is 15.3. The van der Waals surface area contributed by atoms with Crippen LogP contribution in [0.3, 0.4) is 0 Å². The number of nitrogens with two attached hydrogens (primary N) is 1. The summed E-state index contributed by atoms with van der Waals surface area (Å²) >= 11 is 3.42. The predicted octanol–water partition coefficient (Wildman–Crippen LogP) is 2.16. The maximum absolute atomic E-state index is 11.6. The Kier molecular flexibility index (Phi) is 5.44. The van der Waals surface area contributed by atoms with Crippen molar-refractivity contribution in [3.8, 4) is 5.75 Å². The van der Waals surface area contributed by atoms with Crippen LogP contribution in [0.15, 0.2) is 22.7 Å². The molecule has 2 rings (SSSR count). The number of hydrogen-bond donors (Lipinski definition) is 2. The highest BCUT2D eigenvalue weighted by Crippen LogP contribution is 2.33. The molecule has 0 aliphatic carbocycles. The second-order valence-corrected chi connectivity index (χ2v) is 5.08. The normalized spacial score (nSPS) is 18.9. The molecule has 0 spiro atoms. The molecule has 0 saturated carbocycles. The fourth-order valence-electron chi connectivity index (χ4n) is 1.82. The summed E-state index contributed by atoms with van der Waals surface area (Å²) < 4.78 is 6.52. The molecule has 0 aromatic heterocycles. The van der Waals surface area contributed by atoms with Crippen molar-refractivity contribution in [1.29, 1.82) is 0 Å². The van der Waals surface area contributed by atoms with E-state index in [9.17, 15) is 4.79 Å². The standard InChI is InChI=1S/C12H15BrN2O2.ClH/c1-7(14)12(16)15-10-4-5-17-11-3-2-8(13)6-9(10)11;/h2-3,6-7,10H,4-5,14H2,1H3,(H,15,16);1H/t7-,10?;/m1./s1. The van der Waals surface area contributed by atoms with E-state index in [2.05, 4.69) is 21.2 Å². The van der Waals surface area contributed by atoms with Gasteiger partial charge in [-0.1, -0.05) is 15.9 Å². The summed E-state index contributed by atoms with van der Waals surface area (Å²) in [6, 6.07) is 5.29. The van der Waals surface area contributed by atoms with E-state index < -0.39 is 6.04 Å². The molecule has 1 amide bonds. The van der Waals surface area contributed by atoms with Gasteiger partial charge in [-0.2, -0.15) is 0 Å². The molecule has 1 aromatic carbocycles. The molecule has 0 radical (unpaired) electrons. The maximum atomic E-state index is 11.6. The Balaban J connectivity index is 0.00000162. The van der Waals surface area contributed by atoms with Crippen molar-refractivity contribution >= 4 is 34.2 Å². The monoisotopic (exact) mass is 334 g/mol. The molecule has 1 aliphatic rings. The highest BCUT2D eigenvalue weighted by molar-refractivity contribution is 9.10. The van der Waals surface area contributed by atoms with Crippen molar-refractivity contribution < 1.29 is 9.53 Å². The minimum absolute atomic E-state index is 0. The van der Waals surface area contributed by atoms with E-state index in [-0.39, 0.29) is 24.4 Å². The van der Waals surface area contributed by atoms with Gasteiger partial charge in [0.2, 0.25) is 5.91 Å². The van der Waals surface area contributed by atoms with Gasteiger partial charge in [-0.15, -0.1) is 12.4 Å². The van der Waals surface area contributed by atoms with Gasteiger partial charge in [0.15, 0.2) is 0 Å². The molecule has 1 aromatic rings. The van der Waals surface area contributed by atoms with Crippen LogP contribution in [-0.4, -0.2) is 18.6 Å². The lowest BCUT2D eigenvalue weighted by Crippen LogP contribution is -2.41. The van der Waals surface area contributed by atoms with Crippen molar-refractivity contribution in [3.05, 3.63) is 28.2 Å². The average Bonchev–Trinajstić information content (AvgIpc) is 2.29. The number of amides is 1. The van der Waals surface area contributed by atoms with Gasteiger partial charge in [-0.25, -0.2) is 0 Å². The zero-order valence-corrected chi connectivity index (χ0v) is 12.4. The molecule has 0 bridgehead atoms. The van der Waals surface area contributed by atoms with E-state index in [1.165, 1.54) is 0 Å². The maximum Gasteiger partial charge on any atom is 0.237 e. The number of carbonyl (C=O) groups is 1. The zero-order valence-electron chi connectivity index (χ0n) is 9.98. The minimum Gasteiger partial charge on any atom is -0.493 e. The Morgan fingerprint density at radius 1 is 1.61 bits per heavy atom. The van der Waals surface area contributed by atoms with E-state index in [4.69, 9.17) is 10.5 Å². The largest absolute Gasteiger partial charge is 0.493 e. The molecule has 1 unspecified atom stereocenters. The number of rotatable bonds is 2. The third-order valence-electron chi connectivity index (χ3n) is 2.74. The minimum atomic E-state index is -0.492. The van der Waals surface area contributed by atoms with Gasteiger partial charge in [0.05, 0.1) is 18.7 Å². The van der Waals surface area contributed by atoms with Gasteiger partial charge in [0, 0.05) is 16.5 Å². The van der Waals surface area contributed by atoms with Crippen molar-refractivity contribution in [2.24, 2.45) is 5.73 Å². The lowest BCUT2D eigenvalue weighted by Gasteiger charge is -2.27. The molecule has 6 heteroatoms. The second-order valence-electron chi connectivity index (χ2n) is 4.17. The van der Waals surface area contributed by atoms with Crippen LogP contribution in [0.4, 0.5) is 0 Å². The second kappa shape index (κ2) is 6.41. The van der Waals surface area contributed by atoms with Gasteiger partial charge in [0.25, 0.3) is 0 Å². The van der Waals surface area contributed by atoms with Crippen LogP contribution in [-0.2, 0) is 4.79 Å². The van der Waals surface area contributed by atoms with Gasteiger partial charge < -0.3 is 15.8 Å². The SMILES string of the molecule is C[C@@H](N)C(=O)NC1CCOc2ccc(Br)cc21.Cl. The summed E-state index contributed by atoms with van der Waals surface area (Å²) in [6.07, 6.45) is 0.766. The zero-order chi connectivity index (χ0) is 12.4. The molecule has 1 heterocycles. The van der Waals surface area contributed by atoms with Gasteiger partial charge >= 0.3 is 0 Å².